The molecule has 4 nitrogen and oxygen atoms in total. The van der Waals surface area contributed by atoms with E-state index in [9.17, 15) is 4.79 Å². The topological polar surface area (TPSA) is 47.6 Å². The second-order valence-electron chi connectivity index (χ2n) is 3.91. The maximum Gasteiger partial charge on any atom is 0.407 e. The van der Waals surface area contributed by atoms with Gasteiger partial charge in [-0.05, 0) is 30.5 Å². The summed E-state index contributed by atoms with van der Waals surface area (Å²) in [5.41, 5.74) is 2.26. The summed E-state index contributed by atoms with van der Waals surface area (Å²) in [4.78, 5) is 11.3. The number of fused-ring (bicyclic) bond motifs is 1. The van der Waals surface area contributed by atoms with Gasteiger partial charge >= 0.3 is 6.09 Å². The molecule has 92 valence electrons. The first-order valence-corrected chi connectivity index (χ1v) is 6.15. The Kier molecular flexibility index (Phi) is 3.57. The molecule has 1 aromatic carbocycles. The van der Waals surface area contributed by atoms with Crippen molar-refractivity contribution in [1.29, 1.82) is 0 Å². The summed E-state index contributed by atoms with van der Waals surface area (Å²) in [6.45, 7) is 0. The van der Waals surface area contributed by atoms with Gasteiger partial charge < -0.3 is 14.8 Å². The Morgan fingerprint density at radius 2 is 2.24 bits per heavy atom. The molecule has 1 unspecified atom stereocenters. The first-order chi connectivity index (χ1) is 8.15. The highest BCUT2D eigenvalue weighted by molar-refractivity contribution is 9.10. The molecule has 17 heavy (non-hydrogen) atoms. The third-order valence-corrected chi connectivity index (χ3v) is 3.40. The van der Waals surface area contributed by atoms with E-state index >= 15 is 0 Å². The fourth-order valence-electron chi connectivity index (χ4n) is 2.21. The molecule has 1 aromatic rings. The highest BCUT2D eigenvalue weighted by atomic mass is 79.9. The molecule has 0 aliphatic heterocycles. The minimum absolute atomic E-state index is 0.0273. The lowest BCUT2D eigenvalue weighted by atomic mass is 10.1. The van der Waals surface area contributed by atoms with E-state index < -0.39 is 6.09 Å². The van der Waals surface area contributed by atoms with E-state index in [0.29, 0.717) is 0 Å². The van der Waals surface area contributed by atoms with E-state index in [1.807, 2.05) is 6.07 Å². The fourth-order valence-corrected chi connectivity index (χ4v) is 2.69. The molecule has 2 rings (SSSR count). The van der Waals surface area contributed by atoms with Crippen molar-refractivity contribution in [3.8, 4) is 5.75 Å². The predicted octanol–water partition coefficient (Wildman–Crippen LogP) is 2.80. The molecular formula is C12H14BrNO3. The van der Waals surface area contributed by atoms with E-state index in [1.54, 1.807) is 7.11 Å². The normalized spacial score (nSPS) is 17.5. The van der Waals surface area contributed by atoms with Crippen LogP contribution in [0.15, 0.2) is 16.6 Å². The largest absolute Gasteiger partial charge is 0.496 e. The number of carbonyl (C=O) groups excluding carboxylic acids is 1. The summed E-state index contributed by atoms with van der Waals surface area (Å²) in [6, 6.07) is 3.95. The zero-order chi connectivity index (χ0) is 12.4. The molecule has 0 fully saturated rings. The van der Waals surface area contributed by atoms with Crippen molar-refractivity contribution in [1.82, 2.24) is 5.32 Å². The van der Waals surface area contributed by atoms with Crippen LogP contribution in [-0.4, -0.2) is 20.3 Å². The Balaban J connectivity index is 2.32. The van der Waals surface area contributed by atoms with Gasteiger partial charge in [-0.3, -0.25) is 0 Å². The van der Waals surface area contributed by atoms with Gasteiger partial charge in [0.15, 0.2) is 0 Å². The number of halogens is 1. The van der Waals surface area contributed by atoms with Crippen LogP contribution in [0.3, 0.4) is 0 Å². The molecular weight excluding hydrogens is 286 g/mol. The second kappa shape index (κ2) is 4.96. The quantitative estimate of drug-likeness (QED) is 0.913. The van der Waals surface area contributed by atoms with E-state index in [4.69, 9.17) is 4.74 Å². The van der Waals surface area contributed by atoms with Crippen LogP contribution in [0, 0.1) is 0 Å². The molecule has 0 radical (unpaired) electrons. The van der Waals surface area contributed by atoms with Crippen molar-refractivity contribution in [3.05, 3.63) is 27.7 Å². The van der Waals surface area contributed by atoms with Crippen LogP contribution < -0.4 is 10.1 Å². The number of amides is 1. The zero-order valence-electron chi connectivity index (χ0n) is 9.75. The molecule has 0 heterocycles. The van der Waals surface area contributed by atoms with Crippen molar-refractivity contribution in [2.24, 2.45) is 0 Å². The van der Waals surface area contributed by atoms with Crippen molar-refractivity contribution in [3.63, 3.8) is 0 Å². The van der Waals surface area contributed by atoms with Gasteiger partial charge in [0.05, 0.1) is 20.3 Å². The number of alkyl carbamates (subject to hydrolysis) is 1. The van der Waals surface area contributed by atoms with Gasteiger partial charge in [-0.1, -0.05) is 15.9 Å². The van der Waals surface area contributed by atoms with Crippen molar-refractivity contribution in [2.75, 3.05) is 14.2 Å². The second-order valence-corrected chi connectivity index (χ2v) is 4.82. The van der Waals surface area contributed by atoms with Gasteiger partial charge in [0.25, 0.3) is 0 Å². The Morgan fingerprint density at radius 1 is 1.47 bits per heavy atom. The number of hydrogen-bond donors (Lipinski definition) is 1. The molecule has 0 aromatic heterocycles. The lowest BCUT2D eigenvalue weighted by Gasteiger charge is -2.16. The van der Waals surface area contributed by atoms with Crippen LogP contribution in [0.1, 0.15) is 23.6 Å². The number of carbonyl (C=O) groups is 1. The fraction of sp³-hybridized carbons (Fsp3) is 0.417. The van der Waals surface area contributed by atoms with E-state index in [0.717, 1.165) is 28.6 Å². The number of nitrogens with one attached hydrogen (secondary N) is 1. The number of methoxy groups -OCH3 is 2. The molecule has 1 N–H and O–H groups in total. The summed E-state index contributed by atoms with van der Waals surface area (Å²) in [5, 5.41) is 2.82. The molecule has 1 aliphatic carbocycles. The summed E-state index contributed by atoms with van der Waals surface area (Å²) in [5.74, 6) is 0.799. The van der Waals surface area contributed by atoms with Crippen LogP contribution in [0.25, 0.3) is 0 Å². The third kappa shape index (κ3) is 2.39. The minimum Gasteiger partial charge on any atom is -0.496 e. The smallest absolute Gasteiger partial charge is 0.407 e. The van der Waals surface area contributed by atoms with Crippen LogP contribution in [0.2, 0.25) is 0 Å². The number of rotatable bonds is 2. The number of benzene rings is 1. The Hall–Kier alpha value is -1.23. The molecule has 1 atom stereocenters. The highest BCUT2D eigenvalue weighted by Gasteiger charge is 2.28. The monoisotopic (exact) mass is 299 g/mol. The average Bonchev–Trinajstić information content (AvgIpc) is 2.71. The standard InChI is InChI=1S/C12H14BrNO3/c1-16-10-6-8(13)5-7-3-4-9(11(7)10)14-12(15)17-2/h5-6,9H,3-4H2,1-2H3,(H,14,15). The molecule has 0 bridgehead atoms. The first-order valence-electron chi connectivity index (χ1n) is 5.36. The van der Waals surface area contributed by atoms with Gasteiger partial charge in [0.1, 0.15) is 5.75 Å². The van der Waals surface area contributed by atoms with E-state index in [-0.39, 0.29) is 6.04 Å². The zero-order valence-corrected chi connectivity index (χ0v) is 11.3. The molecule has 1 amide bonds. The average molecular weight is 300 g/mol. The van der Waals surface area contributed by atoms with Crippen LogP contribution in [0.5, 0.6) is 5.75 Å². The van der Waals surface area contributed by atoms with Crippen molar-refractivity contribution >= 4 is 22.0 Å². The molecule has 0 saturated carbocycles. The summed E-state index contributed by atoms with van der Waals surface area (Å²) >= 11 is 3.45. The maximum atomic E-state index is 11.3. The Labute approximate surface area is 108 Å². The Bertz CT molecular complexity index is 448. The van der Waals surface area contributed by atoms with Crippen molar-refractivity contribution in [2.45, 2.75) is 18.9 Å². The minimum atomic E-state index is -0.409. The number of aryl methyl sites for hydroxylation is 1. The van der Waals surface area contributed by atoms with Crippen LogP contribution >= 0.6 is 15.9 Å². The Morgan fingerprint density at radius 3 is 2.88 bits per heavy atom. The molecule has 0 spiro atoms. The van der Waals surface area contributed by atoms with Crippen LogP contribution in [0.4, 0.5) is 4.79 Å². The van der Waals surface area contributed by atoms with Gasteiger partial charge in [-0.25, -0.2) is 4.79 Å². The number of ether oxygens (including phenoxy) is 2. The lowest BCUT2D eigenvalue weighted by molar-refractivity contribution is 0.166. The number of hydrogen-bond acceptors (Lipinski definition) is 3. The lowest BCUT2D eigenvalue weighted by Crippen LogP contribution is -2.27. The summed E-state index contributed by atoms with van der Waals surface area (Å²) in [7, 11) is 3.00. The molecule has 0 saturated heterocycles. The maximum absolute atomic E-state index is 11.3. The van der Waals surface area contributed by atoms with E-state index in [2.05, 4.69) is 32.0 Å². The van der Waals surface area contributed by atoms with E-state index in [1.165, 1.54) is 12.7 Å². The predicted molar refractivity (Wildman–Crippen MR) is 67.3 cm³/mol. The first kappa shape index (κ1) is 12.2. The van der Waals surface area contributed by atoms with Crippen molar-refractivity contribution < 1.29 is 14.3 Å². The summed E-state index contributed by atoms with van der Waals surface area (Å²) < 4.78 is 11.0. The van der Waals surface area contributed by atoms with Gasteiger partial charge in [-0.2, -0.15) is 0 Å². The van der Waals surface area contributed by atoms with Crippen LogP contribution in [-0.2, 0) is 11.2 Å². The highest BCUT2D eigenvalue weighted by Crippen LogP contribution is 2.40. The molecule has 5 heteroatoms. The summed E-state index contributed by atoms with van der Waals surface area (Å²) in [6.07, 6.45) is 1.39. The van der Waals surface area contributed by atoms with Gasteiger partial charge in [-0.15, -0.1) is 0 Å². The molecule has 1 aliphatic rings. The van der Waals surface area contributed by atoms with Gasteiger partial charge in [0, 0.05) is 10.0 Å². The SMILES string of the molecule is COC(=O)NC1CCc2cc(Br)cc(OC)c21. The third-order valence-electron chi connectivity index (χ3n) is 2.94. The van der Waals surface area contributed by atoms with Gasteiger partial charge in [0.2, 0.25) is 0 Å².